The molecule has 1 aromatic heterocycles. The van der Waals surface area contributed by atoms with Gasteiger partial charge < -0.3 is 19.7 Å². The molecule has 3 rings (SSSR count). The molecule has 156 valence electrons. The van der Waals surface area contributed by atoms with Crippen LogP contribution in [0.4, 0.5) is 5.69 Å². The lowest BCUT2D eigenvalue weighted by Gasteiger charge is -2.09. The van der Waals surface area contributed by atoms with E-state index in [0.29, 0.717) is 17.6 Å². The van der Waals surface area contributed by atoms with Crippen LogP contribution in [0, 0.1) is 0 Å². The van der Waals surface area contributed by atoms with Gasteiger partial charge in [0.05, 0.1) is 12.8 Å². The number of nitrogens with zero attached hydrogens (tertiary/aromatic N) is 2. The van der Waals surface area contributed by atoms with Gasteiger partial charge in [0, 0.05) is 18.4 Å². The van der Waals surface area contributed by atoms with Crippen LogP contribution in [-0.4, -0.2) is 34.2 Å². The van der Waals surface area contributed by atoms with E-state index in [0.717, 1.165) is 5.56 Å². The molecule has 3 aromatic rings. The van der Waals surface area contributed by atoms with Gasteiger partial charge in [-0.15, -0.1) is 0 Å². The number of para-hydroxylation sites is 1. The number of aromatic hydroxyl groups is 1. The van der Waals surface area contributed by atoms with Crippen LogP contribution in [0.3, 0.4) is 0 Å². The monoisotopic (exact) mass is 409 g/mol. The van der Waals surface area contributed by atoms with Gasteiger partial charge in [0.2, 0.25) is 17.6 Å². The molecule has 0 atom stereocenters. The molecular formula is C22H23N3O5. The van der Waals surface area contributed by atoms with E-state index in [1.807, 2.05) is 24.3 Å². The molecule has 0 fully saturated rings. The summed E-state index contributed by atoms with van der Waals surface area (Å²) in [6.45, 7) is 4.25. The van der Waals surface area contributed by atoms with E-state index < -0.39 is 5.97 Å². The van der Waals surface area contributed by atoms with Crippen molar-refractivity contribution in [1.82, 2.24) is 10.1 Å². The van der Waals surface area contributed by atoms with Gasteiger partial charge >= 0.3 is 5.97 Å². The van der Waals surface area contributed by atoms with Crippen molar-refractivity contribution in [3.8, 4) is 17.1 Å². The van der Waals surface area contributed by atoms with Crippen LogP contribution in [0.25, 0.3) is 11.4 Å². The van der Waals surface area contributed by atoms with Crippen LogP contribution < -0.4 is 5.32 Å². The number of aromatic nitrogens is 2. The number of methoxy groups -OCH3 is 1. The van der Waals surface area contributed by atoms with Crippen molar-refractivity contribution in [2.45, 2.75) is 32.6 Å². The third-order valence-corrected chi connectivity index (χ3v) is 4.58. The van der Waals surface area contributed by atoms with Crippen molar-refractivity contribution < 1.29 is 24.0 Å². The number of amides is 1. The van der Waals surface area contributed by atoms with Crippen molar-refractivity contribution in [3.05, 3.63) is 59.5 Å². The van der Waals surface area contributed by atoms with Crippen LogP contribution >= 0.6 is 0 Å². The van der Waals surface area contributed by atoms with Gasteiger partial charge in [0.1, 0.15) is 5.56 Å². The van der Waals surface area contributed by atoms with E-state index in [1.54, 1.807) is 0 Å². The van der Waals surface area contributed by atoms with Crippen LogP contribution in [0.2, 0.25) is 0 Å². The number of aryl methyl sites for hydroxylation is 1. The fraction of sp³-hybridized carbons (Fsp3) is 0.273. The van der Waals surface area contributed by atoms with Crippen molar-refractivity contribution >= 4 is 17.6 Å². The molecule has 0 radical (unpaired) electrons. The minimum atomic E-state index is -0.691. The summed E-state index contributed by atoms with van der Waals surface area (Å²) in [6.07, 6.45) is 0.302. The Bertz CT molecular complexity index is 1040. The summed E-state index contributed by atoms with van der Waals surface area (Å²) in [4.78, 5) is 28.2. The Labute approximate surface area is 173 Å². The number of esters is 1. The van der Waals surface area contributed by atoms with Gasteiger partial charge in [-0.2, -0.15) is 4.98 Å². The van der Waals surface area contributed by atoms with Gasteiger partial charge in [-0.3, -0.25) is 4.79 Å². The molecule has 0 bridgehead atoms. The fourth-order valence-electron chi connectivity index (χ4n) is 2.84. The summed E-state index contributed by atoms with van der Waals surface area (Å²) >= 11 is 0. The lowest BCUT2D eigenvalue weighted by molar-refractivity contribution is -0.116. The van der Waals surface area contributed by atoms with Crippen molar-refractivity contribution in [3.63, 3.8) is 0 Å². The van der Waals surface area contributed by atoms with Crippen molar-refractivity contribution in [2.75, 3.05) is 12.4 Å². The van der Waals surface area contributed by atoms with Gasteiger partial charge in [-0.05, 0) is 23.6 Å². The van der Waals surface area contributed by atoms with Gasteiger partial charge in [0.25, 0.3) is 0 Å². The molecule has 8 heteroatoms. The number of carbonyl (C=O) groups excluding carboxylic acids is 2. The zero-order chi connectivity index (χ0) is 21.7. The number of phenols is 1. The normalized spacial score (nSPS) is 10.8. The molecule has 0 saturated carbocycles. The summed E-state index contributed by atoms with van der Waals surface area (Å²) in [5.41, 5.74) is 2.15. The van der Waals surface area contributed by atoms with Gasteiger partial charge in [-0.25, -0.2) is 4.79 Å². The first kappa shape index (κ1) is 21.0. The van der Waals surface area contributed by atoms with Gasteiger partial charge in [-0.1, -0.05) is 49.3 Å². The first-order valence-corrected chi connectivity index (χ1v) is 9.52. The number of benzene rings is 2. The minimum absolute atomic E-state index is 0.0275. The predicted octanol–water partition coefficient (Wildman–Crippen LogP) is 3.92. The van der Waals surface area contributed by atoms with E-state index in [9.17, 15) is 14.7 Å². The first-order valence-electron chi connectivity index (χ1n) is 9.52. The zero-order valence-electron chi connectivity index (χ0n) is 17.0. The molecule has 0 aliphatic carbocycles. The second-order valence-corrected chi connectivity index (χ2v) is 7.03. The number of carbonyl (C=O) groups is 2. The summed E-state index contributed by atoms with van der Waals surface area (Å²) in [5, 5.41) is 16.7. The SMILES string of the molecule is COC(=O)c1cccc(NC(=O)CCc2nc(-c3ccc(C(C)C)cc3)no2)c1O. The maximum atomic E-state index is 12.2. The average molecular weight is 409 g/mol. The number of hydrogen-bond acceptors (Lipinski definition) is 7. The summed E-state index contributed by atoms with van der Waals surface area (Å²) in [5.74, 6) is -0.171. The Hall–Kier alpha value is -3.68. The number of hydrogen-bond donors (Lipinski definition) is 2. The minimum Gasteiger partial charge on any atom is -0.505 e. The lowest BCUT2D eigenvalue weighted by Crippen LogP contribution is -2.13. The molecule has 30 heavy (non-hydrogen) atoms. The van der Waals surface area contributed by atoms with Crippen LogP contribution in [0.5, 0.6) is 5.75 Å². The summed E-state index contributed by atoms with van der Waals surface area (Å²) in [6, 6.07) is 12.4. The smallest absolute Gasteiger partial charge is 0.341 e. The number of anilines is 1. The van der Waals surface area contributed by atoms with E-state index in [4.69, 9.17) is 4.52 Å². The van der Waals surface area contributed by atoms with Crippen molar-refractivity contribution in [2.24, 2.45) is 0 Å². The topological polar surface area (TPSA) is 115 Å². The maximum absolute atomic E-state index is 12.2. The predicted molar refractivity (Wildman–Crippen MR) is 110 cm³/mol. The molecule has 1 heterocycles. The molecule has 0 aliphatic rings. The number of nitrogens with one attached hydrogen (secondary N) is 1. The highest BCUT2D eigenvalue weighted by Gasteiger charge is 2.17. The third-order valence-electron chi connectivity index (χ3n) is 4.58. The highest BCUT2D eigenvalue weighted by atomic mass is 16.5. The van der Waals surface area contributed by atoms with Crippen molar-refractivity contribution in [1.29, 1.82) is 0 Å². The van der Waals surface area contributed by atoms with Crippen LogP contribution in [-0.2, 0) is 16.0 Å². The Morgan fingerprint density at radius 1 is 1.17 bits per heavy atom. The van der Waals surface area contributed by atoms with E-state index >= 15 is 0 Å². The summed E-state index contributed by atoms with van der Waals surface area (Å²) in [7, 11) is 1.21. The quantitative estimate of drug-likeness (QED) is 0.449. The first-order chi connectivity index (χ1) is 14.4. The van der Waals surface area contributed by atoms with Crippen LogP contribution in [0.1, 0.15) is 48.0 Å². The lowest BCUT2D eigenvalue weighted by atomic mass is 10.0. The molecule has 0 unspecified atom stereocenters. The maximum Gasteiger partial charge on any atom is 0.341 e. The number of ether oxygens (including phenoxy) is 1. The highest BCUT2D eigenvalue weighted by molar-refractivity contribution is 5.98. The Morgan fingerprint density at radius 2 is 1.90 bits per heavy atom. The second-order valence-electron chi connectivity index (χ2n) is 7.03. The molecule has 2 N–H and O–H groups in total. The molecule has 8 nitrogen and oxygen atoms in total. The van der Waals surface area contributed by atoms with E-state index in [2.05, 4.69) is 34.0 Å². The molecule has 1 amide bonds. The Balaban J connectivity index is 1.60. The highest BCUT2D eigenvalue weighted by Crippen LogP contribution is 2.28. The van der Waals surface area contributed by atoms with Gasteiger partial charge in [0.15, 0.2) is 5.75 Å². The number of rotatable bonds is 7. The second kappa shape index (κ2) is 9.21. The van der Waals surface area contributed by atoms with E-state index in [-0.39, 0.29) is 35.7 Å². The summed E-state index contributed by atoms with van der Waals surface area (Å²) < 4.78 is 9.83. The molecule has 2 aromatic carbocycles. The standard InChI is InChI=1S/C22H23N3O5/c1-13(2)14-7-9-15(10-8-14)21-24-19(30-25-21)12-11-18(26)23-17-6-4-5-16(20(17)27)22(28)29-3/h4-10,13,27H,11-12H2,1-3H3,(H,23,26). The molecular weight excluding hydrogens is 386 g/mol. The molecule has 0 saturated heterocycles. The molecule has 0 aliphatic heterocycles. The number of phenolic OH excluding ortho intramolecular Hbond substituents is 1. The fourth-order valence-corrected chi connectivity index (χ4v) is 2.84. The zero-order valence-corrected chi connectivity index (χ0v) is 17.0. The Kier molecular flexibility index (Phi) is 6.46. The molecule has 0 spiro atoms. The third kappa shape index (κ3) is 4.83. The van der Waals surface area contributed by atoms with E-state index in [1.165, 1.54) is 30.9 Å². The Morgan fingerprint density at radius 3 is 2.57 bits per heavy atom. The van der Waals surface area contributed by atoms with Crippen LogP contribution in [0.15, 0.2) is 47.0 Å². The largest absolute Gasteiger partial charge is 0.505 e. The average Bonchev–Trinajstić information content (AvgIpc) is 3.22.